The van der Waals surface area contributed by atoms with Crippen molar-refractivity contribution >= 4 is 11.3 Å². The zero-order valence-electron chi connectivity index (χ0n) is 7.84. The molecule has 0 radical (unpaired) electrons. The highest BCUT2D eigenvalue weighted by Crippen LogP contribution is 2.20. The molecule has 2 N–H and O–H groups in total. The summed E-state index contributed by atoms with van der Waals surface area (Å²) >= 11 is 1.57. The van der Waals surface area contributed by atoms with Crippen LogP contribution in [0.15, 0.2) is 11.6 Å². The van der Waals surface area contributed by atoms with Crippen LogP contribution in [0.2, 0.25) is 0 Å². The largest absolute Gasteiger partial charge is 0.330 e. The number of rotatable bonds is 3. The van der Waals surface area contributed by atoms with Gasteiger partial charge in [0.15, 0.2) is 0 Å². The van der Waals surface area contributed by atoms with Gasteiger partial charge in [0, 0.05) is 18.8 Å². The van der Waals surface area contributed by atoms with Gasteiger partial charge >= 0.3 is 0 Å². The molecule has 0 fully saturated rings. The summed E-state index contributed by atoms with van der Waals surface area (Å²) in [5.41, 5.74) is 7.29. The van der Waals surface area contributed by atoms with Crippen molar-refractivity contribution in [3.63, 3.8) is 0 Å². The topological polar surface area (TPSA) is 69.6 Å². The number of hydrogen-bond donors (Lipinski definition) is 1. The van der Waals surface area contributed by atoms with E-state index in [4.69, 9.17) is 5.73 Å². The second kappa shape index (κ2) is 3.85. The van der Waals surface area contributed by atoms with Crippen LogP contribution in [0.1, 0.15) is 5.69 Å². The van der Waals surface area contributed by atoms with E-state index in [2.05, 4.69) is 15.3 Å². The van der Waals surface area contributed by atoms with Gasteiger partial charge in [-0.25, -0.2) is 4.98 Å². The van der Waals surface area contributed by atoms with Crippen LogP contribution >= 0.6 is 11.3 Å². The van der Waals surface area contributed by atoms with E-state index in [1.165, 1.54) is 0 Å². The zero-order valence-corrected chi connectivity index (χ0v) is 8.66. The van der Waals surface area contributed by atoms with Crippen molar-refractivity contribution < 1.29 is 0 Å². The molecular formula is C8H11N5S. The van der Waals surface area contributed by atoms with Crippen LogP contribution in [-0.2, 0) is 13.5 Å². The van der Waals surface area contributed by atoms with Crippen LogP contribution in [0, 0.1) is 0 Å². The molecule has 0 aliphatic carbocycles. The van der Waals surface area contributed by atoms with Crippen LogP contribution < -0.4 is 5.73 Å². The quantitative estimate of drug-likeness (QED) is 0.796. The maximum Gasteiger partial charge on any atom is 0.145 e. The monoisotopic (exact) mass is 209 g/mol. The van der Waals surface area contributed by atoms with E-state index in [9.17, 15) is 0 Å². The van der Waals surface area contributed by atoms with Crippen molar-refractivity contribution in [1.82, 2.24) is 20.0 Å². The molecule has 0 unspecified atom stereocenters. The Balaban J connectivity index is 2.24. The summed E-state index contributed by atoms with van der Waals surface area (Å²) in [6.45, 7) is 0.629. The Morgan fingerprint density at radius 3 is 3.07 bits per heavy atom. The van der Waals surface area contributed by atoms with Gasteiger partial charge in [-0.2, -0.15) is 0 Å². The summed E-state index contributed by atoms with van der Waals surface area (Å²) in [7, 11) is 1.84. The predicted molar refractivity (Wildman–Crippen MR) is 54.9 cm³/mol. The van der Waals surface area contributed by atoms with Gasteiger partial charge in [0.05, 0.1) is 11.9 Å². The molecule has 0 aliphatic rings. The first kappa shape index (κ1) is 9.29. The molecule has 2 aromatic heterocycles. The van der Waals surface area contributed by atoms with Gasteiger partial charge in [0.2, 0.25) is 0 Å². The summed E-state index contributed by atoms with van der Waals surface area (Å²) in [6.07, 6.45) is 2.67. The van der Waals surface area contributed by atoms with Crippen LogP contribution in [0.25, 0.3) is 10.7 Å². The lowest BCUT2D eigenvalue weighted by molar-refractivity contribution is 0.715. The van der Waals surface area contributed by atoms with E-state index >= 15 is 0 Å². The standard InChI is InChI=1S/C8H11N5S/c1-13-4-7(11-12-13)8-10-6(2-3-9)5-14-8/h4-5H,2-3,9H2,1H3. The van der Waals surface area contributed by atoms with Crippen LogP contribution in [0.3, 0.4) is 0 Å². The molecule has 0 saturated heterocycles. The Hall–Kier alpha value is -1.27. The van der Waals surface area contributed by atoms with Gasteiger partial charge in [-0.1, -0.05) is 5.21 Å². The van der Waals surface area contributed by atoms with E-state index < -0.39 is 0 Å². The Labute approximate surface area is 85.6 Å². The fourth-order valence-electron chi connectivity index (χ4n) is 1.13. The summed E-state index contributed by atoms with van der Waals surface area (Å²) in [6, 6.07) is 0. The Morgan fingerprint density at radius 2 is 2.43 bits per heavy atom. The SMILES string of the molecule is Cn1cc(-c2nc(CCN)cs2)nn1. The third-order valence-corrected chi connectivity index (χ3v) is 2.69. The molecule has 0 atom stereocenters. The molecule has 2 aromatic rings. The second-order valence-corrected chi connectivity index (χ2v) is 3.82. The lowest BCUT2D eigenvalue weighted by Gasteiger charge is -1.88. The fourth-order valence-corrected chi connectivity index (χ4v) is 1.94. The highest BCUT2D eigenvalue weighted by molar-refractivity contribution is 7.13. The van der Waals surface area contributed by atoms with Crippen LogP contribution in [0.4, 0.5) is 0 Å². The molecule has 0 amide bonds. The molecule has 2 heterocycles. The maximum absolute atomic E-state index is 5.45. The second-order valence-electron chi connectivity index (χ2n) is 2.96. The smallest absolute Gasteiger partial charge is 0.145 e. The summed E-state index contributed by atoms with van der Waals surface area (Å²) < 4.78 is 1.67. The van der Waals surface area contributed by atoms with Crippen molar-refractivity contribution in [3.05, 3.63) is 17.3 Å². The van der Waals surface area contributed by atoms with Gasteiger partial charge in [-0.05, 0) is 6.54 Å². The average Bonchev–Trinajstić information content (AvgIpc) is 2.74. The zero-order chi connectivity index (χ0) is 9.97. The van der Waals surface area contributed by atoms with Crippen molar-refractivity contribution in [2.45, 2.75) is 6.42 Å². The number of aromatic nitrogens is 4. The minimum atomic E-state index is 0.629. The first-order valence-electron chi connectivity index (χ1n) is 4.31. The normalized spacial score (nSPS) is 10.7. The van der Waals surface area contributed by atoms with Crippen molar-refractivity contribution in [2.24, 2.45) is 12.8 Å². The molecular weight excluding hydrogens is 198 g/mol. The summed E-state index contributed by atoms with van der Waals surface area (Å²) in [4.78, 5) is 4.41. The van der Waals surface area contributed by atoms with Gasteiger partial charge in [0.25, 0.3) is 0 Å². The number of nitrogens with zero attached hydrogens (tertiary/aromatic N) is 4. The number of thiazole rings is 1. The van der Waals surface area contributed by atoms with Crippen LogP contribution in [0.5, 0.6) is 0 Å². The molecule has 5 nitrogen and oxygen atoms in total. The minimum absolute atomic E-state index is 0.629. The fraction of sp³-hybridized carbons (Fsp3) is 0.375. The molecule has 0 bridgehead atoms. The molecule has 74 valence electrons. The Morgan fingerprint density at radius 1 is 1.57 bits per heavy atom. The highest BCUT2D eigenvalue weighted by atomic mass is 32.1. The maximum atomic E-state index is 5.45. The highest BCUT2D eigenvalue weighted by Gasteiger charge is 2.07. The Bertz CT molecular complexity index is 419. The number of nitrogens with two attached hydrogens (primary N) is 1. The third-order valence-electron chi connectivity index (χ3n) is 1.77. The van der Waals surface area contributed by atoms with Gasteiger partial charge < -0.3 is 5.73 Å². The first-order chi connectivity index (χ1) is 6.79. The Kier molecular flexibility index (Phi) is 2.55. The number of hydrogen-bond acceptors (Lipinski definition) is 5. The summed E-state index contributed by atoms with van der Waals surface area (Å²) in [5, 5.41) is 10.8. The molecule has 0 saturated carbocycles. The summed E-state index contributed by atoms with van der Waals surface area (Å²) in [5.74, 6) is 0. The van der Waals surface area contributed by atoms with Crippen LogP contribution in [-0.4, -0.2) is 26.5 Å². The predicted octanol–water partition coefficient (Wildman–Crippen LogP) is 0.440. The van der Waals surface area contributed by atoms with Gasteiger partial charge in [-0.3, -0.25) is 4.68 Å². The minimum Gasteiger partial charge on any atom is -0.330 e. The van der Waals surface area contributed by atoms with Gasteiger partial charge in [0.1, 0.15) is 10.7 Å². The van der Waals surface area contributed by atoms with Crippen molar-refractivity contribution in [2.75, 3.05) is 6.54 Å². The van der Waals surface area contributed by atoms with Gasteiger partial charge in [-0.15, -0.1) is 16.4 Å². The molecule has 0 spiro atoms. The molecule has 6 heteroatoms. The van der Waals surface area contributed by atoms with E-state index in [1.807, 2.05) is 18.6 Å². The van der Waals surface area contributed by atoms with E-state index in [-0.39, 0.29) is 0 Å². The van der Waals surface area contributed by atoms with E-state index in [0.717, 1.165) is 22.8 Å². The first-order valence-corrected chi connectivity index (χ1v) is 5.18. The van der Waals surface area contributed by atoms with E-state index in [0.29, 0.717) is 6.54 Å². The molecule has 2 rings (SSSR count). The third kappa shape index (κ3) is 1.80. The number of aryl methyl sites for hydroxylation is 1. The molecule has 0 aromatic carbocycles. The lowest BCUT2D eigenvalue weighted by atomic mass is 10.3. The van der Waals surface area contributed by atoms with Crippen molar-refractivity contribution in [1.29, 1.82) is 0 Å². The lowest BCUT2D eigenvalue weighted by Crippen LogP contribution is -2.02. The molecule has 0 aliphatic heterocycles. The molecule has 14 heavy (non-hydrogen) atoms. The van der Waals surface area contributed by atoms with Crippen molar-refractivity contribution in [3.8, 4) is 10.7 Å². The van der Waals surface area contributed by atoms with E-state index in [1.54, 1.807) is 16.0 Å². The average molecular weight is 209 g/mol.